The van der Waals surface area contributed by atoms with Gasteiger partial charge in [0.2, 0.25) is 0 Å². The Morgan fingerprint density at radius 3 is 2.43 bits per heavy atom. The van der Waals surface area contributed by atoms with Gasteiger partial charge in [-0.2, -0.15) is 4.31 Å². The minimum Gasteiger partial charge on any atom is -0.493 e. The molecule has 0 bridgehead atoms. The van der Waals surface area contributed by atoms with E-state index < -0.39 is 16.1 Å². The monoisotopic (exact) mass is 425 g/mol. The van der Waals surface area contributed by atoms with Gasteiger partial charge in [0.1, 0.15) is 4.90 Å². The molecule has 0 saturated heterocycles. The first kappa shape index (κ1) is 19.7. The van der Waals surface area contributed by atoms with E-state index in [1.807, 2.05) is 6.07 Å². The van der Waals surface area contributed by atoms with Crippen molar-refractivity contribution in [1.82, 2.24) is 4.98 Å². The van der Waals surface area contributed by atoms with E-state index in [9.17, 15) is 13.2 Å². The number of methoxy groups -OCH3 is 2. The topological polar surface area (TPSA) is 89.0 Å². The second kappa shape index (κ2) is 7.68. The zero-order valence-corrected chi connectivity index (χ0v) is 17.2. The van der Waals surface area contributed by atoms with Crippen molar-refractivity contribution in [3.63, 3.8) is 0 Å². The highest BCUT2D eigenvalue weighted by Crippen LogP contribution is 2.40. The van der Waals surface area contributed by atoms with Gasteiger partial charge >= 0.3 is 6.03 Å². The van der Waals surface area contributed by atoms with E-state index in [0.29, 0.717) is 17.2 Å². The van der Waals surface area contributed by atoms with Crippen LogP contribution in [0.4, 0.5) is 16.2 Å². The molecule has 2 amide bonds. The fraction of sp³-hybridized carbons (Fsp3) is 0.143. The highest BCUT2D eigenvalue weighted by Gasteiger charge is 2.42. The number of urea groups is 1. The van der Waals surface area contributed by atoms with Crippen LogP contribution in [0.1, 0.15) is 5.56 Å². The third kappa shape index (κ3) is 3.22. The lowest BCUT2D eigenvalue weighted by Gasteiger charge is -2.36. The molecular formula is C21H19N3O5S. The van der Waals surface area contributed by atoms with Gasteiger partial charge < -0.3 is 9.47 Å². The standard InChI is InChI=1S/C21H19N3O5S/c1-28-18-10-9-16(12-19(18)29-2)24-21(25)23(14-15-6-5-11-22-13-15)17-7-3-4-8-20(17)30(24,26)27/h3-13H,14H2,1-2H3. The molecule has 0 unspecified atom stereocenters. The average Bonchev–Trinajstić information content (AvgIpc) is 2.77. The van der Waals surface area contributed by atoms with E-state index >= 15 is 0 Å². The maximum atomic E-state index is 13.4. The Kier molecular flexibility index (Phi) is 5.04. The Hall–Kier alpha value is -3.59. The Bertz CT molecular complexity index is 1200. The lowest BCUT2D eigenvalue weighted by atomic mass is 10.2. The summed E-state index contributed by atoms with van der Waals surface area (Å²) in [5, 5.41) is 0. The molecule has 0 spiro atoms. The molecule has 1 aliphatic heterocycles. The molecule has 3 aromatic rings. The number of fused-ring (bicyclic) bond motifs is 1. The molecule has 0 saturated carbocycles. The number of para-hydroxylation sites is 1. The maximum Gasteiger partial charge on any atom is 0.343 e. The van der Waals surface area contributed by atoms with Crippen LogP contribution in [0.5, 0.6) is 11.5 Å². The van der Waals surface area contributed by atoms with Crippen molar-refractivity contribution in [1.29, 1.82) is 0 Å². The van der Waals surface area contributed by atoms with Gasteiger partial charge in [-0.3, -0.25) is 9.88 Å². The van der Waals surface area contributed by atoms with Crippen molar-refractivity contribution in [2.75, 3.05) is 23.4 Å². The number of hydrogen-bond acceptors (Lipinski definition) is 6. The first-order valence-corrected chi connectivity index (χ1v) is 10.5. The predicted octanol–water partition coefficient (Wildman–Crippen LogP) is 3.43. The summed E-state index contributed by atoms with van der Waals surface area (Å²) < 4.78 is 38.0. The van der Waals surface area contributed by atoms with Gasteiger partial charge in [0.05, 0.1) is 32.1 Å². The summed E-state index contributed by atoms with van der Waals surface area (Å²) in [5.41, 5.74) is 1.25. The normalized spacial score (nSPS) is 14.9. The third-order valence-corrected chi connectivity index (χ3v) is 6.49. The van der Waals surface area contributed by atoms with Crippen molar-refractivity contribution in [3.05, 3.63) is 72.6 Å². The molecular weight excluding hydrogens is 406 g/mol. The highest BCUT2D eigenvalue weighted by molar-refractivity contribution is 7.94. The number of aromatic nitrogens is 1. The molecule has 0 radical (unpaired) electrons. The third-order valence-electron chi connectivity index (χ3n) is 4.74. The molecule has 4 rings (SSSR count). The van der Waals surface area contributed by atoms with Crippen molar-refractivity contribution in [2.45, 2.75) is 11.4 Å². The van der Waals surface area contributed by atoms with Crippen LogP contribution in [0.2, 0.25) is 0 Å². The molecule has 1 aromatic heterocycles. The van der Waals surface area contributed by atoms with E-state index in [1.54, 1.807) is 42.7 Å². The minimum atomic E-state index is -4.12. The Morgan fingerprint density at radius 1 is 0.967 bits per heavy atom. The van der Waals surface area contributed by atoms with Crippen LogP contribution >= 0.6 is 0 Å². The van der Waals surface area contributed by atoms with E-state index in [1.165, 1.54) is 37.3 Å². The van der Waals surface area contributed by atoms with Crippen LogP contribution in [-0.4, -0.2) is 33.7 Å². The number of pyridine rings is 1. The highest BCUT2D eigenvalue weighted by atomic mass is 32.2. The lowest BCUT2D eigenvalue weighted by molar-refractivity contribution is 0.253. The molecule has 0 atom stereocenters. The zero-order valence-electron chi connectivity index (χ0n) is 16.3. The first-order valence-electron chi connectivity index (χ1n) is 9.04. The summed E-state index contributed by atoms with van der Waals surface area (Å²) in [6, 6.07) is 13.9. The summed E-state index contributed by atoms with van der Waals surface area (Å²) >= 11 is 0. The van der Waals surface area contributed by atoms with Crippen LogP contribution in [0.15, 0.2) is 71.9 Å². The number of benzene rings is 2. The van der Waals surface area contributed by atoms with E-state index in [4.69, 9.17) is 9.47 Å². The predicted molar refractivity (Wildman–Crippen MR) is 111 cm³/mol. The van der Waals surface area contributed by atoms with Gasteiger partial charge in [-0.25, -0.2) is 13.2 Å². The zero-order chi connectivity index (χ0) is 21.3. The molecule has 0 N–H and O–H groups in total. The second-order valence-electron chi connectivity index (χ2n) is 6.51. The van der Waals surface area contributed by atoms with Crippen LogP contribution in [0.25, 0.3) is 0 Å². The van der Waals surface area contributed by atoms with Gasteiger partial charge in [0.15, 0.2) is 11.5 Å². The molecule has 30 heavy (non-hydrogen) atoms. The summed E-state index contributed by atoms with van der Waals surface area (Å²) in [7, 11) is -1.20. The fourth-order valence-electron chi connectivity index (χ4n) is 3.34. The summed E-state index contributed by atoms with van der Waals surface area (Å²) in [6.45, 7) is 0.170. The van der Waals surface area contributed by atoms with E-state index in [0.717, 1.165) is 9.87 Å². The van der Waals surface area contributed by atoms with E-state index in [-0.39, 0.29) is 17.1 Å². The second-order valence-corrected chi connectivity index (χ2v) is 8.26. The number of rotatable bonds is 5. The summed E-state index contributed by atoms with van der Waals surface area (Å²) in [6.07, 6.45) is 3.27. The van der Waals surface area contributed by atoms with Gasteiger partial charge in [-0.05, 0) is 35.9 Å². The Balaban J connectivity index is 1.87. The van der Waals surface area contributed by atoms with Gasteiger partial charge in [-0.15, -0.1) is 0 Å². The average molecular weight is 425 g/mol. The van der Waals surface area contributed by atoms with Crippen molar-refractivity contribution >= 4 is 27.4 Å². The fourth-order valence-corrected chi connectivity index (χ4v) is 4.92. The Labute approximate surface area is 174 Å². The molecule has 0 aliphatic carbocycles. The van der Waals surface area contributed by atoms with Gasteiger partial charge in [0.25, 0.3) is 10.0 Å². The number of carbonyl (C=O) groups is 1. The van der Waals surface area contributed by atoms with Crippen LogP contribution < -0.4 is 18.7 Å². The van der Waals surface area contributed by atoms with Crippen molar-refractivity contribution in [2.24, 2.45) is 0 Å². The molecule has 154 valence electrons. The van der Waals surface area contributed by atoms with Gasteiger partial charge in [-0.1, -0.05) is 18.2 Å². The lowest BCUT2D eigenvalue weighted by Crippen LogP contribution is -2.50. The van der Waals surface area contributed by atoms with Crippen LogP contribution in [0.3, 0.4) is 0 Å². The van der Waals surface area contributed by atoms with Crippen molar-refractivity contribution < 1.29 is 22.7 Å². The molecule has 1 aliphatic rings. The SMILES string of the molecule is COc1ccc(N2C(=O)N(Cc3cccnc3)c3ccccc3S2(=O)=O)cc1OC. The number of amides is 2. The minimum absolute atomic E-state index is 0.0447. The number of nitrogens with zero attached hydrogens (tertiary/aromatic N) is 3. The van der Waals surface area contributed by atoms with Gasteiger partial charge in [0, 0.05) is 18.5 Å². The molecule has 9 heteroatoms. The number of hydrogen-bond donors (Lipinski definition) is 0. The number of sulfonamides is 1. The molecule has 0 fully saturated rings. The molecule has 2 heterocycles. The van der Waals surface area contributed by atoms with Crippen molar-refractivity contribution in [3.8, 4) is 11.5 Å². The number of carbonyl (C=O) groups excluding carboxylic acids is 1. The Morgan fingerprint density at radius 2 is 1.73 bits per heavy atom. The largest absolute Gasteiger partial charge is 0.493 e. The smallest absolute Gasteiger partial charge is 0.343 e. The van der Waals surface area contributed by atoms with Crippen LogP contribution in [-0.2, 0) is 16.6 Å². The number of ether oxygens (including phenoxy) is 2. The summed E-state index contributed by atoms with van der Waals surface area (Å²) in [5.74, 6) is 0.742. The van der Waals surface area contributed by atoms with E-state index in [2.05, 4.69) is 4.98 Å². The molecule has 2 aromatic carbocycles. The molecule has 8 nitrogen and oxygen atoms in total. The summed E-state index contributed by atoms with van der Waals surface area (Å²) in [4.78, 5) is 19.0. The number of anilines is 2. The maximum absolute atomic E-state index is 13.4. The quantitative estimate of drug-likeness (QED) is 0.622. The first-order chi connectivity index (χ1) is 14.5. The van der Waals surface area contributed by atoms with Crippen LogP contribution in [0, 0.1) is 0 Å².